The fourth-order valence-electron chi connectivity index (χ4n) is 1.30. The lowest BCUT2D eigenvalue weighted by atomic mass is 10.2. The van der Waals surface area contributed by atoms with E-state index in [4.69, 9.17) is 4.89 Å². The highest BCUT2D eigenvalue weighted by molar-refractivity contribution is 7.44. The number of hydrogen-bond acceptors (Lipinski definition) is 3. The summed E-state index contributed by atoms with van der Waals surface area (Å²) in [5.41, 5.74) is 0. The number of phosphoric ester groups is 1. The lowest BCUT2D eigenvalue weighted by Gasteiger charge is -2.31. The third-order valence-corrected chi connectivity index (χ3v) is 2.21. The van der Waals surface area contributed by atoms with Gasteiger partial charge in [0.2, 0.25) is 0 Å². The Kier molecular flexibility index (Phi) is 5.26. The molecule has 5 nitrogen and oxygen atoms in total. The summed E-state index contributed by atoms with van der Waals surface area (Å²) in [6, 6.07) is 0. The van der Waals surface area contributed by atoms with Crippen LogP contribution in [0.1, 0.15) is 19.8 Å². The summed E-state index contributed by atoms with van der Waals surface area (Å²) in [4.78, 5) is 19.1. The van der Waals surface area contributed by atoms with Crippen LogP contribution in [-0.4, -0.2) is 43.2 Å². The Morgan fingerprint density at radius 3 is 2.29 bits per heavy atom. The molecule has 0 bridgehead atoms. The van der Waals surface area contributed by atoms with Gasteiger partial charge in [0.15, 0.2) is 0 Å². The Balaban J connectivity index is 4.23. The molecule has 1 N–H and O–H groups in total. The van der Waals surface area contributed by atoms with Crippen LogP contribution in [0, 0.1) is 0 Å². The molecule has 14 heavy (non-hydrogen) atoms. The van der Waals surface area contributed by atoms with Crippen molar-refractivity contribution in [2.45, 2.75) is 25.9 Å². The van der Waals surface area contributed by atoms with Crippen molar-refractivity contribution in [1.82, 2.24) is 0 Å². The molecule has 0 heterocycles. The standard InChI is InChI=1S/C8H20NO4P/c1-5-6-8(7-9(2,3)4)13-14(10,11)12/h8H,5-7H2,1-4H3,(H-,10,11,12). The van der Waals surface area contributed by atoms with Crippen LogP contribution in [0.3, 0.4) is 0 Å². The molecule has 0 fully saturated rings. The zero-order chi connectivity index (χ0) is 11.4. The SMILES string of the molecule is CCCC(C[N+](C)(C)C)OP(=O)([O-])O. The molecule has 0 aromatic heterocycles. The Morgan fingerprint density at radius 1 is 1.50 bits per heavy atom. The average molecular weight is 225 g/mol. The first-order valence-corrected chi connectivity index (χ1v) is 6.16. The van der Waals surface area contributed by atoms with Gasteiger partial charge in [0.05, 0.1) is 21.1 Å². The van der Waals surface area contributed by atoms with Crippen LogP contribution in [0.15, 0.2) is 0 Å². The normalized spacial score (nSPS) is 19.0. The van der Waals surface area contributed by atoms with E-state index in [0.717, 1.165) is 6.42 Å². The fourth-order valence-corrected chi connectivity index (χ4v) is 1.85. The molecule has 0 saturated heterocycles. The van der Waals surface area contributed by atoms with E-state index in [2.05, 4.69) is 4.52 Å². The predicted octanol–water partition coefficient (Wildman–Crippen LogP) is 0.339. The molecule has 2 atom stereocenters. The lowest BCUT2D eigenvalue weighted by Crippen LogP contribution is -2.42. The summed E-state index contributed by atoms with van der Waals surface area (Å²) in [6.07, 6.45) is 1.01. The van der Waals surface area contributed by atoms with E-state index >= 15 is 0 Å². The van der Waals surface area contributed by atoms with E-state index < -0.39 is 13.9 Å². The quantitative estimate of drug-likeness (QED) is 0.522. The van der Waals surface area contributed by atoms with Gasteiger partial charge in [0.1, 0.15) is 12.6 Å². The molecule has 0 aliphatic carbocycles. The summed E-state index contributed by atoms with van der Waals surface area (Å²) in [5, 5.41) is 0. The average Bonchev–Trinajstić information content (AvgIpc) is 1.78. The molecular weight excluding hydrogens is 205 g/mol. The van der Waals surface area contributed by atoms with Crippen molar-refractivity contribution in [2.24, 2.45) is 0 Å². The van der Waals surface area contributed by atoms with E-state index in [9.17, 15) is 9.46 Å². The van der Waals surface area contributed by atoms with Gasteiger partial charge in [0, 0.05) is 0 Å². The third-order valence-electron chi connectivity index (χ3n) is 1.64. The highest BCUT2D eigenvalue weighted by Crippen LogP contribution is 2.33. The highest BCUT2D eigenvalue weighted by Gasteiger charge is 2.21. The Bertz CT molecular complexity index is 208. The molecule has 0 rings (SSSR count). The molecule has 0 aromatic carbocycles. The van der Waals surface area contributed by atoms with Gasteiger partial charge < -0.3 is 18.8 Å². The van der Waals surface area contributed by atoms with Crippen LogP contribution in [0.2, 0.25) is 0 Å². The minimum absolute atomic E-state index is 0.437. The van der Waals surface area contributed by atoms with Gasteiger partial charge >= 0.3 is 0 Å². The zero-order valence-corrected chi connectivity index (χ0v) is 10.2. The maximum atomic E-state index is 10.6. The summed E-state index contributed by atoms with van der Waals surface area (Å²) in [7, 11) is 1.23. The topological polar surface area (TPSA) is 69.6 Å². The van der Waals surface area contributed by atoms with Crippen LogP contribution in [-0.2, 0) is 9.09 Å². The van der Waals surface area contributed by atoms with Gasteiger partial charge in [-0.3, -0.25) is 4.57 Å². The molecule has 0 amide bonds. The molecule has 86 valence electrons. The molecule has 2 unspecified atom stereocenters. The number of hydrogen-bond donors (Lipinski definition) is 1. The zero-order valence-electron chi connectivity index (χ0n) is 9.27. The minimum Gasteiger partial charge on any atom is -0.756 e. The minimum atomic E-state index is -4.60. The number of rotatable bonds is 6. The third kappa shape index (κ3) is 8.66. The second-order valence-corrected chi connectivity index (χ2v) is 5.61. The number of likely N-dealkylation sites (N-methyl/N-ethyl adjacent to an activating group) is 1. The second kappa shape index (κ2) is 5.24. The van der Waals surface area contributed by atoms with Crippen LogP contribution in [0.25, 0.3) is 0 Å². The van der Waals surface area contributed by atoms with Crippen molar-refractivity contribution < 1.29 is 23.4 Å². The molecular formula is C8H20NO4P. The lowest BCUT2D eigenvalue weighted by molar-refractivity contribution is -0.873. The first kappa shape index (κ1) is 14.1. The Labute approximate surface area is 85.5 Å². The van der Waals surface area contributed by atoms with Crippen molar-refractivity contribution in [3.8, 4) is 0 Å². The Morgan fingerprint density at radius 2 is 2.00 bits per heavy atom. The fraction of sp³-hybridized carbons (Fsp3) is 1.00. The van der Waals surface area contributed by atoms with Gasteiger partial charge in [-0.1, -0.05) is 13.3 Å². The van der Waals surface area contributed by atoms with Gasteiger partial charge in [0.25, 0.3) is 7.82 Å². The summed E-state index contributed by atoms with van der Waals surface area (Å²) >= 11 is 0. The monoisotopic (exact) mass is 225 g/mol. The molecule has 0 aromatic rings. The first-order valence-electron chi connectivity index (χ1n) is 4.66. The smallest absolute Gasteiger partial charge is 0.265 e. The van der Waals surface area contributed by atoms with Crippen molar-refractivity contribution in [2.75, 3.05) is 27.7 Å². The van der Waals surface area contributed by atoms with E-state index in [1.54, 1.807) is 0 Å². The van der Waals surface area contributed by atoms with E-state index in [1.165, 1.54) is 0 Å². The van der Waals surface area contributed by atoms with E-state index in [-0.39, 0.29) is 0 Å². The molecule has 0 spiro atoms. The van der Waals surface area contributed by atoms with Gasteiger partial charge in [-0.2, -0.15) is 0 Å². The molecule has 0 aliphatic heterocycles. The molecule has 0 aliphatic rings. The van der Waals surface area contributed by atoms with E-state index in [1.807, 2.05) is 28.1 Å². The maximum Gasteiger partial charge on any atom is 0.265 e. The predicted molar refractivity (Wildman–Crippen MR) is 52.5 cm³/mol. The van der Waals surface area contributed by atoms with Crippen LogP contribution >= 0.6 is 7.82 Å². The van der Waals surface area contributed by atoms with Crippen LogP contribution < -0.4 is 4.89 Å². The van der Waals surface area contributed by atoms with Gasteiger partial charge in [-0.15, -0.1) is 0 Å². The largest absolute Gasteiger partial charge is 0.756 e. The van der Waals surface area contributed by atoms with Gasteiger partial charge in [-0.05, 0) is 6.42 Å². The van der Waals surface area contributed by atoms with Crippen molar-refractivity contribution >= 4 is 7.82 Å². The summed E-state index contributed by atoms with van der Waals surface area (Å²) in [6.45, 7) is 2.50. The van der Waals surface area contributed by atoms with Crippen molar-refractivity contribution in [3.05, 3.63) is 0 Å². The van der Waals surface area contributed by atoms with E-state index in [0.29, 0.717) is 17.4 Å². The van der Waals surface area contributed by atoms with Gasteiger partial charge in [-0.25, -0.2) is 0 Å². The van der Waals surface area contributed by atoms with Crippen LogP contribution in [0.4, 0.5) is 0 Å². The summed E-state index contributed by atoms with van der Waals surface area (Å²) in [5.74, 6) is 0. The van der Waals surface area contributed by atoms with Crippen LogP contribution in [0.5, 0.6) is 0 Å². The maximum absolute atomic E-state index is 10.6. The van der Waals surface area contributed by atoms with Crippen molar-refractivity contribution in [3.63, 3.8) is 0 Å². The van der Waals surface area contributed by atoms with Crippen molar-refractivity contribution in [1.29, 1.82) is 0 Å². The Hall–Kier alpha value is 0.0700. The molecule has 0 saturated carbocycles. The molecule has 6 heteroatoms. The summed E-state index contributed by atoms with van der Waals surface area (Å²) < 4.78 is 15.8. The second-order valence-electron chi connectivity index (χ2n) is 4.46. The number of quaternary nitrogens is 1. The first-order chi connectivity index (χ1) is 6.14. The molecule has 0 radical (unpaired) electrons. The number of phosphoric acid groups is 1. The highest BCUT2D eigenvalue weighted by atomic mass is 31.2. The number of nitrogens with zero attached hydrogens (tertiary/aromatic N) is 1.